The molecule has 1 unspecified atom stereocenters. The van der Waals surface area contributed by atoms with Gasteiger partial charge in [0.2, 0.25) is 17.4 Å². The molecule has 0 saturated carbocycles. The first-order chi connectivity index (χ1) is 14.2. The van der Waals surface area contributed by atoms with Gasteiger partial charge in [-0.05, 0) is 30.2 Å². The van der Waals surface area contributed by atoms with Gasteiger partial charge in [0.1, 0.15) is 5.69 Å². The lowest BCUT2D eigenvalue weighted by molar-refractivity contribution is 0.532. The van der Waals surface area contributed by atoms with Gasteiger partial charge in [-0.15, -0.1) is 9.41 Å². The Morgan fingerprint density at radius 1 is 0.931 bits per heavy atom. The minimum Gasteiger partial charge on any atom is -0.566 e. The van der Waals surface area contributed by atoms with E-state index in [-0.39, 0.29) is 6.42 Å². The van der Waals surface area contributed by atoms with Crippen LogP contribution in [0.25, 0.3) is 11.1 Å². The van der Waals surface area contributed by atoms with Crippen molar-refractivity contribution in [1.29, 1.82) is 5.26 Å². The average molecular weight is 401 g/mol. The largest absolute Gasteiger partial charge is 0.566 e. The molecule has 1 heterocycles. The Kier molecular flexibility index (Phi) is 5.52. The molecule has 0 amide bonds. The van der Waals surface area contributed by atoms with E-state index in [0.29, 0.717) is 12.4 Å². The number of nitrogens with zero attached hydrogens (tertiary/aromatic N) is 4. The molecule has 1 atom stereocenters. The Balaban J connectivity index is 1.81. The molecule has 4 rings (SSSR count). The maximum absolute atomic E-state index is 13.2. The highest BCUT2D eigenvalue weighted by molar-refractivity contribution is 7.91. The number of hydrogen-bond acceptors (Lipinski definition) is 5. The van der Waals surface area contributed by atoms with Crippen molar-refractivity contribution in [2.24, 2.45) is 5.10 Å². The molecule has 144 valence electrons. The molecule has 29 heavy (non-hydrogen) atoms. The van der Waals surface area contributed by atoms with E-state index < -0.39 is 11.5 Å². The summed E-state index contributed by atoms with van der Waals surface area (Å²) in [6, 6.07) is 27.8. The standard InChI is InChI=1S/C23H20N4OS/c1-18-12-14-19(15-13-18)21-10-5-6-11-22(21)23-25-27(20-8-3-2-4-9-20)29(28)26(23)17-7-16-24/h2-6,8-15H,7,17H2,1H3. The molecule has 0 bridgehead atoms. The van der Waals surface area contributed by atoms with Gasteiger partial charge in [-0.1, -0.05) is 76.7 Å². The predicted molar refractivity (Wildman–Crippen MR) is 117 cm³/mol. The Morgan fingerprint density at radius 2 is 1.59 bits per heavy atom. The van der Waals surface area contributed by atoms with Gasteiger partial charge < -0.3 is 4.55 Å². The van der Waals surface area contributed by atoms with E-state index in [1.165, 1.54) is 9.98 Å². The van der Waals surface area contributed by atoms with Crippen molar-refractivity contribution in [1.82, 2.24) is 4.31 Å². The third-order valence-corrected chi connectivity index (χ3v) is 6.01. The second kappa shape index (κ2) is 8.39. The number of hydrogen-bond donors (Lipinski definition) is 0. The van der Waals surface area contributed by atoms with Crippen molar-refractivity contribution < 1.29 is 4.55 Å². The van der Waals surface area contributed by atoms with E-state index in [4.69, 9.17) is 10.4 Å². The Morgan fingerprint density at radius 3 is 2.28 bits per heavy atom. The van der Waals surface area contributed by atoms with Crippen LogP contribution in [0.1, 0.15) is 17.5 Å². The summed E-state index contributed by atoms with van der Waals surface area (Å²) in [6.07, 6.45) is 0.264. The molecule has 1 aliphatic heterocycles. The van der Waals surface area contributed by atoms with Crippen molar-refractivity contribution in [2.75, 3.05) is 11.0 Å². The van der Waals surface area contributed by atoms with E-state index in [2.05, 4.69) is 37.3 Å². The highest BCUT2D eigenvalue weighted by atomic mass is 32.2. The van der Waals surface area contributed by atoms with Gasteiger partial charge in [0.25, 0.3) is 0 Å². The third kappa shape index (κ3) is 3.83. The monoisotopic (exact) mass is 400 g/mol. The first-order valence-electron chi connectivity index (χ1n) is 9.36. The summed E-state index contributed by atoms with van der Waals surface area (Å²) in [6.45, 7) is 2.40. The van der Waals surface area contributed by atoms with Crippen LogP contribution in [0.2, 0.25) is 0 Å². The molecule has 5 nitrogen and oxygen atoms in total. The van der Waals surface area contributed by atoms with Crippen LogP contribution in [0.3, 0.4) is 0 Å². The second-order valence-corrected chi connectivity index (χ2v) is 7.93. The highest BCUT2D eigenvalue weighted by Crippen LogP contribution is 2.32. The van der Waals surface area contributed by atoms with Crippen LogP contribution in [0.5, 0.6) is 0 Å². The van der Waals surface area contributed by atoms with Gasteiger partial charge in [0.05, 0.1) is 19.0 Å². The van der Waals surface area contributed by atoms with Crippen LogP contribution in [-0.4, -0.2) is 21.2 Å². The molecule has 6 heteroatoms. The van der Waals surface area contributed by atoms with Crippen molar-refractivity contribution in [3.63, 3.8) is 0 Å². The summed E-state index contributed by atoms with van der Waals surface area (Å²) in [5.74, 6) is 0.610. The number of rotatable bonds is 5. The first kappa shape index (κ1) is 19.1. The lowest BCUT2D eigenvalue weighted by Gasteiger charge is -2.21. The lowest BCUT2D eigenvalue weighted by Crippen LogP contribution is -2.38. The number of para-hydroxylation sites is 1. The molecule has 0 spiro atoms. The summed E-state index contributed by atoms with van der Waals surface area (Å²) in [5, 5.41) is 13.8. The normalized spacial score (nSPS) is 15.9. The fourth-order valence-corrected chi connectivity index (χ4v) is 4.39. The quantitative estimate of drug-likeness (QED) is 0.585. The van der Waals surface area contributed by atoms with E-state index in [1.54, 1.807) is 4.31 Å². The third-order valence-electron chi connectivity index (χ3n) is 4.69. The van der Waals surface area contributed by atoms with Crippen LogP contribution in [-0.2, 0) is 11.5 Å². The Bertz CT molecular complexity index is 1060. The minimum absolute atomic E-state index is 0.264. The van der Waals surface area contributed by atoms with Crippen LogP contribution < -0.4 is 4.41 Å². The molecular formula is C23H20N4OS. The maximum atomic E-state index is 13.2. The summed E-state index contributed by atoms with van der Waals surface area (Å²) in [7, 11) is 0. The Labute approximate surface area is 174 Å². The molecule has 3 aromatic rings. The molecule has 0 aliphatic carbocycles. The number of hydrazone groups is 1. The minimum atomic E-state index is -1.54. The molecule has 0 aromatic heterocycles. The lowest BCUT2D eigenvalue weighted by atomic mass is 9.98. The molecule has 0 fully saturated rings. The SMILES string of the molecule is Cc1ccc(-c2ccccc2C2=NN(c3ccccc3)[S+]([O-])N2CCC#N)cc1. The van der Waals surface area contributed by atoms with Crippen molar-refractivity contribution in [3.05, 3.63) is 90.0 Å². The summed E-state index contributed by atoms with van der Waals surface area (Å²) >= 11 is -1.54. The van der Waals surface area contributed by atoms with Crippen LogP contribution >= 0.6 is 0 Å². The Hall–Kier alpha value is -3.27. The first-order valence-corrected chi connectivity index (χ1v) is 10.4. The van der Waals surface area contributed by atoms with E-state index in [0.717, 1.165) is 22.4 Å². The zero-order chi connectivity index (χ0) is 20.2. The molecule has 0 N–H and O–H groups in total. The van der Waals surface area contributed by atoms with Crippen LogP contribution in [0.4, 0.5) is 5.69 Å². The summed E-state index contributed by atoms with van der Waals surface area (Å²) < 4.78 is 16.4. The smallest absolute Gasteiger partial charge is 0.222 e. The maximum Gasteiger partial charge on any atom is 0.222 e. The van der Waals surface area contributed by atoms with Crippen molar-refractivity contribution in [2.45, 2.75) is 13.3 Å². The van der Waals surface area contributed by atoms with Gasteiger partial charge in [-0.3, -0.25) is 0 Å². The number of anilines is 1. The summed E-state index contributed by atoms with van der Waals surface area (Å²) in [5.41, 5.74) is 4.91. The van der Waals surface area contributed by atoms with Crippen LogP contribution in [0, 0.1) is 18.3 Å². The van der Waals surface area contributed by atoms with Gasteiger partial charge in [0.15, 0.2) is 0 Å². The second-order valence-electron chi connectivity index (χ2n) is 6.68. The summed E-state index contributed by atoms with van der Waals surface area (Å²) in [4.78, 5) is 0. The zero-order valence-electron chi connectivity index (χ0n) is 16.0. The molecule has 3 aromatic carbocycles. The van der Waals surface area contributed by atoms with Crippen molar-refractivity contribution >= 4 is 23.1 Å². The number of aryl methyl sites for hydroxylation is 1. The fourth-order valence-electron chi connectivity index (χ4n) is 3.23. The van der Waals surface area contributed by atoms with E-state index in [1.807, 2.05) is 54.6 Å². The molecule has 1 aliphatic rings. The number of benzene rings is 3. The van der Waals surface area contributed by atoms with Crippen molar-refractivity contribution in [3.8, 4) is 17.2 Å². The van der Waals surface area contributed by atoms with E-state index in [9.17, 15) is 4.55 Å². The van der Waals surface area contributed by atoms with Crippen LogP contribution in [0.15, 0.2) is 84.0 Å². The predicted octanol–water partition coefficient (Wildman–Crippen LogP) is 4.64. The fraction of sp³-hybridized carbons (Fsp3) is 0.130. The topological polar surface area (TPSA) is 65.7 Å². The van der Waals surface area contributed by atoms with Gasteiger partial charge in [0, 0.05) is 5.56 Å². The molecular weight excluding hydrogens is 380 g/mol. The van der Waals surface area contributed by atoms with E-state index >= 15 is 0 Å². The number of nitriles is 1. The average Bonchev–Trinajstić information content (AvgIpc) is 3.09. The molecule has 0 radical (unpaired) electrons. The van der Waals surface area contributed by atoms with Gasteiger partial charge >= 0.3 is 0 Å². The number of amidine groups is 1. The highest BCUT2D eigenvalue weighted by Gasteiger charge is 2.40. The zero-order valence-corrected chi connectivity index (χ0v) is 16.8. The molecule has 0 saturated heterocycles. The van der Waals surface area contributed by atoms with Gasteiger partial charge in [-0.2, -0.15) is 5.26 Å². The van der Waals surface area contributed by atoms with Gasteiger partial charge in [-0.25, -0.2) is 0 Å².